The number of nitrogens with zero attached hydrogens (tertiary/aromatic N) is 2. The molecular weight excluding hydrogens is 260 g/mol. The molecule has 0 bridgehead atoms. The number of hydrogen-bond donors (Lipinski definition) is 0. The van der Waals surface area contributed by atoms with E-state index >= 15 is 0 Å². The van der Waals surface area contributed by atoms with Gasteiger partial charge in [0.15, 0.2) is 5.75 Å². The number of imidazole rings is 1. The van der Waals surface area contributed by atoms with Crippen molar-refractivity contribution in [3.63, 3.8) is 0 Å². The van der Waals surface area contributed by atoms with Crippen molar-refractivity contribution in [3.05, 3.63) is 47.5 Å². The Morgan fingerprint density at radius 1 is 1.00 bits per heavy atom. The van der Waals surface area contributed by atoms with E-state index in [1.54, 1.807) is 12.5 Å². The summed E-state index contributed by atoms with van der Waals surface area (Å²) in [4.78, 5) is 4.08. The van der Waals surface area contributed by atoms with Crippen molar-refractivity contribution in [2.45, 2.75) is 58.9 Å². The molecule has 113 valence electrons. The molecule has 2 rings (SSSR count). The van der Waals surface area contributed by atoms with Gasteiger partial charge in [0, 0.05) is 30.1 Å². The van der Waals surface area contributed by atoms with Crippen LogP contribution in [0.1, 0.15) is 58.2 Å². The lowest BCUT2D eigenvalue weighted by Crippen LogP contribution is -2.18. The summed E-state index contributed by atoms with van der Waals surface area (Å²) in [7, 11) is 0. The van der Waals surface area contributed by atoms with Gasteiger partial charge in [-0.3, -0.25) is 5.11 Å². The Bertz CT molecular complexity index is 579. The minimum atomic E-state index is -0.151. The molecule has 1 aromatic carbocycles. The topological polar surface area (TPSA) is 37.7 Å². The third-order valence-corrected chi connectivity index (χ3v) is 3.69. The van der Waals surface area contributed by atoms with E-state index in [4.69, 9.17) is 0 Å². The van der Waals surface area contributed by atoms with Gasteiger partial charge in [-0.1, -0.05) is 41.5 Å². The zero-order valence-corrected chi connectivity index (χ0v) is 13.9. The molecule has 0 spiro atoms. The molecule has 2 aromatic rings. The van der Waals surface area contributed by atoms with E-state index in [0.717, 1.165) is 23.2 Å². The Hall–Kier alpha value is -1.77. The molecule has 0 N–H and O–H groups in total. The normalized spacial score (nSPS) is 12.7. The summed E-state index contributed by atoms with van der Waals surface area (Å²) in [5.41, 5.74) is 2.64. The van der Waals surface area contributed by atoms with Crippen LogP contribution in [0.25, 0.3) is 0 Å². The lowest BCUT2D eigenvalue weighted by molar-refractivity contribution is 0.327. The van der Waals surface area contributed by atoms with Crippen LogP contribution in [0, 0.1) is 0 Å². The Morgan fingerprint density at radius 3 is 1.90 bits per heavy atom. The van der Waals surface area contributed by atoms with Crippen LogP contribution >= 0.6 is 0 Å². The van der Waals surface area contributed by atoms with Crippen LogP contribution in [0.4, 0.5) is 0 Å². The summed E-state index contributed by atoms with van der Waals surface area (Å²) in [6.07, 6.45) is 5.52. The second-order valence-corrected chi connectivity index (χ2v) is 7.76. The minimum absolute atomic E-state index is 0.151. The second-order valence-electron chi connectivity index (χ2n) is 7.76. The molecule has 21 heavy (non-hydrogen) atoms. The summed E-state index contributed by atoms with van der Waals surface area (Å²) < 4.78 is 2.03. The highest BCUT2D eigenvalue weighted by atomic mass is 16.3. The van der Waals surface area contributed by atoms with Crippen LogP contribution in [-0.4, -0.2) is 9.55 Å². The van der Waals surface area contributed by atoms with Crippen molar-refractivity contribution in [1.29, 1.82) is 0 Å². The smallest absolute Gasteiger partial charge is 0.186 e. The van der Waals surface area contributed by atoms with E-state index in [2.05, 4.69) is 58.7 Å². The fraction of sp³-hybridized carbons (Fsp3) is 0.500. The van der Waals surface area contributed by atoms with Crippen LogP contribution in [0.15, 0.2) is 30.9 Å². The Labute approximate surface area is 127 Å². The monoisotopic (exact) mass is 285 g/mol. The van der Waals surface area contributed by atoms with Gasteiger partial charge in [-0.05, 0) is 28.5 Å². The first-order chi connectivity index (χ1) is 9.59. The van der Waals surface area contributed by atoms with E-state index in [0.29, 0.717) is 0 Å². The zero-order valence-electron chi connectivity index (χ0n) is 13.9. The average Bonchev–Trinajstić information content (AvgIpc) is 2.81. The van der Waals surface area contributed by atoms with Gasteiger partial charge in [-0.2, -0.15) is 0 Å². The van der Waals surface area contributed by atoms with E-state index in [1.165, 1.54) is 0 Å². The first kappa shape index (κ1) is 15.6. The van der Waals surface area contributed by atoms with Crippen LogP contribution in [0.3, 0.4) is 0 Å². The summed E-state index contributed by atoms with van der Waals surface area (Å²) in [6.45, 7) is 13.3. The van der Waals surface area contributed by atoms with Gasteiger partial charge in [0.25, 0.3) is 0 Å². The minimum Gasteiger partial charge on any atom is -0.333 e. The molecule has 0 aliphatic rings. The highest BCUT2D eigenvalue weighted by molar-refractivity contribution is 5.49. The van der Waals surface area contributed by atoms with Crippen molar-refractivity contribution < 1.29 is 5.11 Å². The fourth-order valence-corrected chi connectivity index (χ4v) is 2.49. The van der Waals surface area contributed by atoms with E-state index < -0.39 is 0 Å². The Morgan fingerprint density at radius 2 is 1.52 bits per heavy atom. The third kappa shape index (κ3) is 3.46. The van der Waals surface area contributed by atoms with Gasteiger partial charge >= 0.3 is 0 Å². The van der Waals surface area contributed by atoms with Crippen molar-refractivity contribution in [3.8, 4) is 5.75 Å². The molecule has 0 fully saturated rings. The van der Waals surface area contributed by atoms with Crippen LogP contribution < -0.4 is 0 Å². The molecule has 1 aromatic heterocycles. The molecule has 3 heteroatoms. The lowest BCUT2D eigenvalue weighted by atomic mass is 9.78. The van der Waals surface area contributed by atoms with E-state index in [-0.39, 0.29) is 16.6 Å². The maximum absolute atomic E-state index is 12.8. The van der Waals surface area contributed by atoms with Gasteiger partial charge in [0.2, 0.25) is 0 Å². The predicted molar refractivity (Wildman–Crippen MR) is 85.3 cm³/mol. The molecule has 3 nitrogen and oxygen atoms in total. The zero-order chi connectivity index (χ0) is 15.8. The molecule has 0 unspecified atom stereocenters. The number of rotatable bonds is 2. The summed E-state index contributed by atoms with van der Waals surface area (Å²) in [6, 6.07) is 4.11. The van der Waals surface area contributed by atoms with E-state index in [1.807, 2.05) is 10.8 Å². The molecular formula is C18H25N2O. The van der Waals surface area contributed by atoms with Crippen molar-refractivity contribution in [2.75, 3.05) is 0 Å². The van der Waals surface area contributed by atoms with Gasteiger partial charge in [0.1, 0.15) is 0 Å². The summed E-state index contributed by atoms with van der Waals surface area (Å²) in [5, 5.41) is 12.8. The maximum atomic E-state index is 12.8. The van der Waals surface area contributed by atoms with E-state index in [9.17, 15) is 5.11 Å². The third-order valence-electron chi connectivity index (χ3n) is 3.69. The highest BCUT2D eigenvalue weighted by Gasteiger charge is 2.27. The van der Waals surface area contributed by atoms with Gasteiger partial charge < -0.3 is 4.57 Å². The first-order valence-corrected chi connectivity index (χ1v) is 7.39. The predicted octanol–water partition coefficient (Wildman–Crippen LogP) is 4.67. The molecule has 0 aliphatic heterocycles. The standard InChI is InChI=1S/C18H25N2O/c1-17(2,3)14-9-13(11-20-8-7-19-12-20)10-15(16(14)21)18(4,5)6/h7-10,12H,11H2,1-6H3. The average molecular weight is 285 g/mol. The fourth-order valence-electron chi connectivity index (χ4n) is 2.49. The van der Waals surface area contributed by atoms with Gasteiger partial charge in [0.05, 0.1) is 6.33 Å². The first-order valence-electron chi connectivity index (χ1n) is 7.39. The Balaban J connectivity index is 2.56. The van der Waals surface area contributed by atoms with Gasteiger partial charge in [-0.15, -0.1) is 0 Å². The second kappa shape index (κ2) is 5.21. The highest BCUT2D eigenvalue weighted by Crippen LogP contribution is 2.40. The number of aromatic nitrogens is 2. The Kier molecular flexibility index (Phi) is 3.87. The molecule has 0 amide bonds. The van der Waals surface area contributed by atoms with Crippen LogP contribution in [-0.2, 0) is 22.5 Å². The summed E-state index contributed by atoms with van der Waals surface area (Å²) >= 11 is 0. The molecule has 0 aliphatic carbocycles. The molecule has 0 atom stereocenters. The molecule has 1 radical (unpaired) electrons. The number of hydrogen-bond acceptors (Lipinski definition) is 1. The summed E-state index contributed by atoms with van der Waals surface area (Å²) in [5.74, 6) is 0.185. The quantitative estimate of drug-likeness (QED) is 0.790. The molecule has 1 heterocycles. The maximum Gasteiger partial charge on any atom is 0.186 e. The van der Waals surface area contributed by atoms with Crippen LogP contribution in [0.5, 0.6) is 5.75 Å². The van der Waals surface area contributed by atoms with Crippen molar-refractivity contribution in [1.82, 2.24) is 9.55 Å². The lowest BCUT2D eigenvalue weighted by Gasteiger charge is -2.27. The van der Waals surface area contributed by atoms with Gasteiger partial charge in [-0.25, -0.2) is 4.98 Å². The SMILES string of the molecule is CC(C)(C)c1cc(Cn2ccnc2)cc(C(C)(C)C)c1[O]. The molecule has 0 saturated carbocycles. The van der Waals surface area contributed by atoms with Crippen molar-refractivity contribution in [2.24, 2.45) is 0 Å². The molecule has 0 saturated heterocycles. The largest absolute Gasteiger partial charge is 0.333 e. The van der Waals surface area contributed by atoms with Crippen LogP contribution in [0.2, 0.25) is 0 Å². The van der Waals surface area contributed by atoms with Crippen molar-refractivity contribution >= 4 is 0 Å². The number of benzene rings is 1.